The van der Waals surface area contributed by atoms with Crippen LogP contribution < -0.4 is 20.7 Å². The molecule has 4 aromatic rings. The summed E-state index contributed by atoms with van der Waals surface area (Å²) in [6.45, 7) is 8.90. The number of rotatable bonds is 7. The molecule has 0 saturated carbocycles. The fourth-order valence-electron chi connectivity index (χ4n) is 7.10. The predicted molar refractivity (Wildman–Crippen MR) is 176 cm³/mol. The number of carbonyl (C=O) groups is 3. The maximum Gasteiger partial charge on any atom is 0.360 e. The van der Waals surface area contributed by atoms with Crippen molar-refractivity contribution in [2.45, 2.75) is 83.2 Å². The van der Waals surface area contributed by atoms with Crippen molar-refractivity contribution in [2.75, 3.05) is 12.4 Å². The normalized spacial score (nSPS) is 22.2. The van der Waals surface area contributed by atoms with Crippen molar-refractivity contribution in [3.63, 3.8) is 0 Å². The second kappa shape index (κ2) is 11.8. The number of oxazole rings is 2. The zero-order valence-electron chi connectivity index (χ0n) is 28.2. The number of aromatic nitrogens is 2. The average molecular weight is 670 g/mol. The molecule has 2 amide bonds. The van der Waals surface area contributed by atoms with E-state index >= 15 is 0 Å². The summed E-state index contributed by atoms with van der Waals surface area (Å²) < 4.78 is 24.4. The van der Waals surface area contributed by atoms with Crippen LogP contribution in [0.2, 0.25) is 0 Å². The molecular weight excluding hydrogens is 630 g/mol. The Morgan fingerprint density at radius 2 is 1.86 bits per heavy atom. The molecule has 4 bridgehead atoms. The van der Waals surface area contributed by atoms with Gasteiger partial charge in [0.05, 0.1) is 7.11 Å². The zero-order valence-corrected chi connectivity index (χ0v) is 28.2. The van der Waals surface area contributed by atoms with E-state index in [1.54, 1.807) is 20.8 Å². The first-order chi connectivity index (χ1) is 23.4. The highest BCUT2D eigenvalue weighted by Gasteiger charge is 2.61. The fraction of sp³-hybridized carbons (Fsp3) is 0.417. The Kier molecular flexibility index (Phi) is 7.77. The number of amides is 2. The molecule has 13 nitrogen and oxygen atoms in total. The maximum absolute atomic E-state index is 14.1. The van der Waals surface area contributed by atoms with E-state index in [0.29, 0.717) is 11.5 Å². The predicted octanol–water partition coefficient (Wildman–Crippen LogP) is 4.31. The number of ether oxygens (including phenoxy) is 2. The van der Waals surface area contributed by atoms with Gasteiger partial charge in [-0.25, -0.2) is 14.8 Å². The Balaban J connectivity index is 1.49. The highest BCUT2D eigenvalue weighted by molar-refractivity contribution is 5.92. The van der Waals surface area contributed by atoms with Crippen LogP contribution in [0.15, 0.2) is 51.3 Å². The zero-order chi connectivity index (χ0) is 34.8. The quantitative estimate of drug-likeness (QED) is 0.206. The SMILES string of the molecule is CCC(O)(CC)C(=O)N[C@H]1Cc2ccc3c(c2)C2(c4ccccc4NC2O3)c2oc(nc2-c2nc(C(=O)OC)c(C)o2)[C@H](C(C)C)NC1=O. The summed E-state index contributed by atoms with van der Waals surface area (Å²) in [5.41, 5.74) is 0.679. The van der Waals surface area contributed by atoms with Crippen molar-refractivity contribution in [1.29, 1.82) is 0 Å². The highest BCUT2D eigenvalue weighted by Crippen LogP contribution is 2.59. The number of aryl methyl sites for hydroxylation is 1. The first kappa shape index (κ1) is 32.4. The van der Waals surface area contributed by atoms with Gasteiger partial charge < -0.3 is 39.4 Å². The highest BCUT2D eigenvalue weighted by atomic mass is 16.5. The molecule has 13 heteroatoms. The Morgan fingerprint density at radius 1 is 1.10 bits per heavy atom. The van der Waals surface area contributed by atoms with Gasteiger partial charge in [-0.05, 0) is 48.9 Å². The summed E-state index contributed by atoms with van der Waals surface area (Å²) in [5.74, 6) is -0.572. The third kappa shape index (κ3) is 4.89. The Bertz CT molecular complexity index is 1980. The van der Waals surface area contributed by atoms with Gasteiger partial charge in [0.1, 0.15) is 34.6 Å². The maximum atomic E-state index is 14.1. The molecule has 2 unspecified atom stereocenters. The molecule has 49 heavy (non-hydrogen) atoms. The van der Waals surface area contributed by atoms with Crippen LogP contribution in [0.3, 0.4) is 0 Å². The van der Waals surface area contributed by atoms with Crippen LogP contribution in [0.5, 0.6) is 5.75 Å². The lowest BCUT2D eigenvalue weighted by Crippen LogP contribution is -2.55. The van der Waals surface area contributed by atoms with Crippen molar-refractivity contribution in [3.8, 4) is 17.3 Å². The molecule has 5 heterocycles. The Hall–Kier alpha value is -5.17. The van der Waals surface area contributed by atoms with E-state index in [2.05, 4.69) is 20.9 Å². The summed E-state index contributed by atoms with van der Waals surface area (Å²) in [6.07, 6.45) is -0.161. The summed E-state index contributed by atoms with van der Waals surface area (Å²) >= 11 is 0. The third-order valence-electron chi connectivity index (χ3n) is 10.0. The molecule has 1 spiro atoms. The van der Waals surface area contributed by atoms with E-state index in [1.807, 2.05) is 56.3 Å². The lowest BCUT2D eigenvalue weighted by atomic mass is 9.72. The second-order valence-corrected chi connectivity index (χ2v) is 13.2. The van der Waals surface area contributed by atoms with Crippen LogP contribution in [-0.2, 0) is 26.2 Å². The number of anilines is 1. The van der Waals surface area contributed by atoms with Gasteiger partial charge in [0, 0.05) is 17.7 Å². The first-order valence-electron chi connectivity index (χ1n) is 16.5. The van der Waals surface area contributed by atoms with E-state index in [0.717, 1.165) is 22.4 Å². The van der Waals surface area contributed by atoms with Gasteiger partial charge in [-0.15, -0.1) is 0 Å². The minimum Gasteiger partial charge on any atom is -0.469 e. The van der Waals surface area contributed by atoms with Gasteiger partial charge in [-0.2, -0.15) is 0 Å². The monoisotopic (exact) mass is 669 g/mol. The second-order valence-electron chi connectivity index (χ2n) is 13.2. The minimum absolute atomic E-state index is 0.00156. The van der Waals surface area contributed by atoms with Gasteiger partial charge in [0.15, 0.2) is 23.4 Å². The standard InChI is InChI=1S/C36H39N5O8/c1-7-35(45,8-2)33(44)37-23-16-19-13-14-24-21(15-19)36(20-11-9-10-12-22(20)38-34(36)48-24)28-27(31-40-26(18(5)47-31)32(43)46-6)41-30(49-28)25(17(3)4)39-29(23)42/h9-15,17,23,25,34,38,45H,7-8,16H2,1-6H3,(H,37,44)(H,39,42)/t23-,25-,34?,36?/m0/s1. The molecule has 4 N–H and O–H groups in total. The van der Waals surface area contributed by atoms with Crippen LogP contribution in [0.1, 0.15) is 91.2 Å². The average Bonchev–Trinajstić information content (AvgIpc) is 3.85. The number of benzene rings is 2. The van der Waals surface area contributed by atoms with Gasteiger partial charge in [-0.3, -0.25) is 9.59 Å². The van der Waals surface area contributed by atoms with Crippen LogP contribution >= 0.6 is 0 Å². The number of aliphatic hydroxyl groups is 1. The molecule has 4 atom stereocenters. The number of nitrogens with one attached hydrogen (secondary N) is 3. The Labute approximate surface area is 282 Å². The number of para-hydroxylation sites is 1. The van der Waals surface area contributed by atoms with Crippen molar-refractivity contribution >= 4 is 23.5 Å². The van der Waals surface area contributed by atoms with Gasteiger partial charge in [0.2, 0.25) is 17.7 Å². The van der Waals surface area contributed by atoms with Crippen LogP contribution in [-0.4, -0.2) is 57.8 Å². The first-order valence-corrected chi connectivity index (χ1v) is 16.5. The molecular formula is C36H39N5O8. The van der Waals surface area contributed by atoms with Crippen LogP contribution in [0, 0.1) is 12.8 Å². The van der Waals surface area contributed by atoms with Gasteiger partial charge in [0.25, 0.3) is 5.91 Å². The topological polar surface area (TPSA) is 178 Å². The molecule has 2 aromatic carbocycles. The van der Waals surface area contributed by atoms with E-state index in [4.69, 9.17) is 23.3 Å². The number of fused-ring (bicyclic) bond motifs is 4. The van der Waals surface area contributed by atoms with E-state index in [1.165, 1.54) is 7.11 Å². The lowest BCUT2D eigenvalue weighted by Gasteiger charge is -2.30. The molecule has 7 rings (SSSR count). The molecule has 0 fully saturated rings. The molecule has 0 aliphatic carbocycles. The molecule has 0 radical (unpaired) electrons. The van der Waals surface area contributed by atoms with Crippen molar-refractivity contribution in [3.05, 3.63) is 82.3 Å². The number of methoxy groups -OCH3 is 1. The third-order valence-corrected chi connectivity index (χ3v) is 10.0. The molecule has 2 aromatic heterocycles. The number of nitrogens with zero attached hydrogens (tertiary/aromatic N) is 2. The van der Waals surface area contributed by atoms with Crippen molar-refractivity contribution < 1.29 is 37.8 Å². The molecule has 3 aliphatic rings. The summed E-state index contributed by atoms with van der Waals surface area (Å²) in [6, 6.07) is 11.7. The number of hydrogen-bond donors (Lipinski definition) is 4. The Morgan fingerprint density at radius 3 is 2.57 bits per heavy atom. The summed E-state index contributed by atoms with van der Waals surface area (Å²) in [5, 5.41) is 20.4. The van der Waals surface area contributed by atoms with Gasteiger partial charge in [-0.1, -0.05) is 58.0 Å². The summed E-state index contributed by atoms with van der Waals surface area (Å²) in [7, 11) is 1.27. The van der Waals surface area contributed by atoms with E-state index in [-0.39, 0.29) is 54.1 Å². The van der Waals surface area contributed by atoms with Crippen molar-refractivity contribution in [1.82, 2.24) is 20.6 Å². The lowest BCUT2D eigenvalue weighted by molar-refractivity contribution is -0.143. The number of esters is 1. The minimum atomic E-state index is -1.63. The molecule has 0 saturated heterocycles. The fourth-order valence-corrected chi connectivity index (χ4v) is 7.10. The van der Waals surface area contributed by atoms with Gasteiger partial charge >= 0.3 is 5.97 Å². The summed E-state index contributed by atoms with van der Waals surface area (Å²) in [4.78, 5) is 49.6. The van der Waals surface area contributed by atoms with Crippen LogP contribution in [0.25, 0.3) is 11.6 Å². The smallest absolute Gasteiger partial charge is 0.360 e. The van der Waals surface area contributed by atoms with Crippen LogP contribution in [0.4, 0.5) is 5.69 Å². The number of carbonyl (C=O) groups excluding carboxylic acids is 3. The number of hydrogen-bond acceptors (Lipinski definition) is 11. The van der Waals surface area contributed by atoms with E-state index in [9.17, 15) is 19.5 Å². The molecule has 3 aliphatic heterocycles. The van der Waals surface area contributed by atoms with E-state index < -0.39 is 47.1 Å². The van der Waals surface area contributed by atoms with Crippen molar-refractivity contribution in [2.24, 2.45) is 5.92 Å². The molecule has 256 valence electrons. The largest absolute Gasteiger partial charge is 0.469 e.